The van der Waals surface area contributed by atoms with E-state index in [2.05, 4.69) is 50.4 Å². The van der Waals surface area contributed by atoms with Crippen LogP contribution in [0.25, 0.3) is 0 Å². The lowest BCUT2D eigenvalue weighted by molar-refractivity contribution is 0.506. The van der Waals surface area contributed by atoms with Gasteiger partial charge in [0.15, 0.2) is 0 Å². The monoisotopic (exact) mass is 189 g/mol. The van der Waals surface area contributed by atoms with E-state index in [4.69, 9.17) is 0 Å². The lowest BCUT2D eigenvalue weighted by atomic mass is 9.82. The summed E-state index contributed by atoms with van der Waals surface area (Å²) in [5.74, 6) is 0. The molecule has 0 bridgehead atoms. The summed E-state index contributed by atoms with van der Waals surface area (Å²) in [4.78, 5) is 0. The second-order valence-corrected chi connectivity index (χ2v) is 4.82. The largest absolute Gasteiger partial charge is 0.307 e. The summed E-state index contributed by atoms with van der Waals surface area (Å²) in [5, 5.41) is 3.32. The maximum absolute atomic E-state index is 3.32. The van der Waals surface area contributed by atoms with E-state index in [0.29, 0.717) is 11.5 Å². The van der Waals surface area contributed by atoms with Crippen molar-refractivity contribution in [3.05, 3.63) is 35.4 Å². The fraction of sp³-hybridized carbons (Fsp3) is 0.538. The fourth-order valence-corrected chi connectivity index (χ4v) is 1.67. The van der Waals surface area contributed by atoms with Crippen LogP contribution in [0.2, 0.25) is 0 Å². The number of hydrogen-bond acceptors (Lipinski definition) is 1. The van der Waals surface area contributed by atoms with Crippen LogP contribution in [0, 0.1) is 0 Å². The van der Waals surface area contributed by atoms with Gasteiger partial charge in [0.2, 0.25) is 0 Å². The summed E-state index contributed by atoms with van der Waals surface area (Å²) in [6.45, 7) is 8.00. The molecule has 0 amide bonds. The Labute approximate surface area is 86.5 Å². The van der Waals surface area contributed by atoms with E-state index >= 15 is 0 Å². The minimum absolute atomic E-state index is 0.315. The average molecular weight is 189 g/mol. The minimum atomic E-state index is 0.315. The van der Waals surface area contributed by atoms with Gasteiger partial charge in [-0.15, -0.1) is 0 Å². The standard InChI is InChI=1S/C13H19N/c1-4-13(2,3)11-7-5-10(6-8-11)12-9-14-12/h5-8,12,14H,4,9H2,1-3H3. The van der Waals surface area contributed by atoms with Gasteiger partial charge in [0.05, 0.1) is 0 Å². The van der Waals surface area contributed by atoms with E-state index in [-0.39, 0.29) is 0 Å². The van der Waals surface area contributed by atoms with Gasteiger partial charge in [-0.05, 0) is 23.0 Å². The van der Waals surface area contributed by atoms with Crippen LogP contribution in [0.5, 0.6) is 0 Å². The van der Waals surface area contributed by atoms with E-state index in [9.17, 15) is 0 Å². The highest BCUT2D eigenvalue weighted by Crippen LogP contribution is 2.29. The third-order valence-corrected chi connectivity index (χ3v) is 3.39. The molecule has 1 atom stereocenters. The molecular formula is C13H19N. The molecule has 0 aromatic heterocycles. The molecule has 1 aromatic rings. The molecule has 0 saturated carbocycles. The molecule has 1 aromatic carbocycles. The van der Waals surface area contributed by atoms with Gasteiger partial charge in [-0.1, -0.05) is 45.0 Å². The molecule has 76 valence electrons. The summed E-state index contributed by atoms with van der Waals surface area (Å²) >= 11 is 0. The van der Waals surface area contributed by atoms with Crippen molar-refractivity contribution in [2.45, 2.75) is 38.6 Å². The van der Waals surface area contributed by atoms with Crippen molar-refractivity contribution in [1.29, 1.82) is 0 Å². The van der Waals surface area contributed by atoms with Crippen molar-refractivity contribution in [2.75, 3.05) is 6.54 Å². The van der Waals surface area contributed by atoms with Gasteiger partial charge in [-0.2, -0.15) is 0 Å². The second kappa shape index (κ2) is 3.39. The van der Waals surface area contributed by atoms with Crippen LogP contribution in [0.4, 0.5) is 0 Å². The first kappa shape index (κ1) is 9.72. The van der Waals surface area contributed by atoms with Crippen LogP contribution in [0.3, 0.4) is 0 Å². The lowest BCUT2D eigenvalue weighted by Gasteiger charge is -2.23. The number of hydrogen-bond donors (Lipinski definition) is 1. The van der Waals surface area contributed by atoms with Crippen molar-refractivity contribution in [1.82, 2.24) is 5.32 Å². The van der Waals surface area contributed by atoms with Crippen LogP contribution in [0.1, 0.15) is 44.4 Å². The maximum atomic E-state index is 3.32. The van der Waals surface area contributed by atoms with Crippen LogP contribution in [0.15, 0.2) is 24.3 Å². The smallest absolute Gasteiger partial charge is 0.0447 e. The topological polar surface area (TPSA) is 21.9 Å². The minimum Gasteiger partial charge on any atom is -0.307 e. The zero-order chi connectivity index (χ0) is 10.2. The molecule has 14 heavy (non-hydrogen) atoms. The Kier molecular flexibility index (Phi) is 2.36. The van der Waals surface area contributed by atoms with E-state index in [1.807, 2.05) is 0 Å². The summed E-state index contributed by atoms with van der Waals surface area (Å²) in [6.07, 6.45) is 1.19. The molecule has 1 N–H and O–H groups in total. The summed E-state index contributed by atoms with van der Waals surface area (Å²) in [5.41, 5.74) is 3.19. The Morgan fingerprint density at radius 2 is 1.86 bits per heavy atom. The van der Waals surface area contributed by atoms with Crippen molar-refractivity contribution < 1.29 is 0 Å². The van der Waals surface area contributed by atoms with E-state index in [1.54, 1.807) is 0 Å². The molecule has 1 unspecified atom stereocenters. The predicted molar refractivity (Wildman–Crippen MR) is 60.5 cm³/mol. The zero-order valence-electron chi connectivity index (χ0n) is 9.30. The molecule has 0 aliphatic carbocycles. The summed E-state index contributed by atoms with van der Waals surface area (Å²) in [7, 11) is 0. The molecule has 1 aliphatic heterocycles. The molecule has 0 radical (unpaired) electrons. The van der Waals surface area contributed by atoms with E-state index < -0.39 is 0 Å². The van der Waals surface area contributed by atoms with Gasteiger partial charge in [0.1, 0.15) is 0 Å². The first-order chi connectivity index (χ1) is 6.63. The van der Waals surface area contributed by atoms with Gasteiger partial charge < -0.3 is 5.32 Å². The normalized spacial score (nSPS) is 20.9. The zero-order valence-corrected chi connectivity index (χ0v) is 9.30. The van der Waals surface area contributed by atoms with Crippen molar-refractivity contribution in [3.8, 4) is 0 Å². The van der Waals surface area contributed by atoms with Crippen LogP contribution in [-0.4, -0.2) is 6.54 Å². The Morgan fingerprint density at radius 1 is 1.29 bits per heavy atom. The molecule has 1 saturated heterocycles. The van der Waals surface area contributed by atoms with Crippen molar-refractivity contribution in [2.24, 2.45) is 0 Å². The molecule has 1 nitrogen and oxygen atoms in total. The number of benzene rings is 1. The molecular weight excluding hydrogens is 170 g/mol. The van der Waals surface area contributed by atoms with Crippen LogP contribution in [-0.2, 0) is 5.41 Å². The summed E-state index contributed by atoms with van der Waals surface area (Å²) in [6, 6.07) is 9.71. The molecule has 1 fully saturated rings. The van der Waals surface area contributed by atoms with Crippen LogP contribution >= 0.6 is 0 Å². The number of nitrogens with one attached hydrogen (secondary N) is 1. The number of rotatable bonds is 3. The van der Waals surface area contributed by atoms with E-state index in [0.717, 1.165) is 6.54 Å². The van der Waals surface area contributed by atoms with Crippen LogP contribution < -0.4 is 5.32 Å². The highest BCUT2D eigenvalue weighted by molar-refractivity contribution is 5.31. The summed E-state index contributed by atoms with van der Waals surface area (Å²) < 4.78 is 0. The van der Waals surface area contributed by atoms with Crippen molar-refractivity contribution in [3.63, 3.8) is 0 Å². The Balaban J connectivity index is 2.20. The van der Waals surface area contributed by atoms with Gasteiger partial charge >= 0.3 is 0 Å². The van der Waals surface area contributed by atoms with Crippen molar-refractivity contribution >= 4 is 0 Å². The average Bonchev–Trinajstić information content (AvgIpc) is 3.01. The highest BCUT2D eigenvalue weighted by Gasteiger charge is 2.23. The van der Waals surface area contributed by atoms with Gasteiger partial charge in [0, 0.05) is 12.6 Å². The third kappa shape index (κ3) is 1.83. The molecule has 0 spiro atoms. The lowest BCUT2D eigenvalue weighted by Crippen LogP contribution is -2.15. The Bertz CT molecular complexity index is 307. The SMILES string of the molecule is CCC(C)(C)c1ccc(C2CN2)cc1. The maximum Gasteiger partial charge on any atom is 0.0447 e. The second-order valence-electron chi connectivity index (χ2n) is 4.82. The van der Waals surface area contributed by atoms with Gasteiger partial charge in [-0.3, -0.25) is 0 Å². The highest BCUT2D eigenvalue weighted by atomic mass is 15.1. The first-order valence-electron chi connectivity index (χ1n) is 5.47. The Morgan fingerprint density at radius 3 is 2.29 bits per heavy atom. The first-order valence-corrected chi connectivity index (χ1v) is 5.47. The third-order valence-electron chi connectivity index (χ3n) is 3.39. The van der Waals surface area contributed by atoms with Gasteiger partial charge in [-0.25, -0.2) is 0 Å². The fourth-order valence-electron chi connectivity index (χ4n) is 1.67. The quantitative estimate of drug-likeness (QED) is 0.725. The van der Waals surface area contributed by atoms with E-state index in [1.165, 1.54) is 17.5 Å². The molecule has 2 rings (SSSR count). The van der Waals surface area contributed by atoms with Gasteiger partial charge in [0.25, 0.3) is 0 Å². The molecule has 1 heteroatoms. The Hall–Kier alpha value is -0.820. The predicted octanol–water partition coefficient (Wildman–Crippen LogP) is 3.02. The molecule has 1 aliphatic rings. The molecule has 1 heterocycles.